The summed E-state index contributed by atoms with van der Waals surface area (Å²) in [7, 11) is -3.88. The van der Waals surface area contributed by atoms with Gasteiger partial charge < -0.3 is 10.6 Å². The number of fused-ring (bicyclic) bond motifs is 1. The molecule has 1 amide bonds. The maximum atomic E-state index is 13.5. The van der Waals surface area contributed by atoms with Crippen LogP contribution in [0.5, 0.6) is 0 Å². The van der Waals surface area contributed by atoms with Gasteiger partial charge in [0.25, 0.3) is 10.0 Å². The fourth-order valence-corrected chi connectivity index (χ4v) is 6.04. The molecular formula is C30H23ClN8O3S. The smallest absolute Gasteiger partial charge is 0.268 e. The van der Waals surface area contributed by atoms with E-state index in [0.29, 0.717) is 40.1 Å². The normalized spacial score (nSPS) is 11.4. The molecule has 11 nitrogen and oxygen atoms in total. The molecule has 0 saturated carbocycles. The minimum atomic E-state index is -3.88. The number of carbonyl (C=O) groups is 1. The predicted octanol–water partition coefficient (Wildman–Crippen LogP) is 5.50. The molecule has 6 aromatic rings. The maximum absolute atomic E-state index is 13.5. The van der Waals surface area contributed by atoms with Crippen molar-refractivity contribution in [2.75, 3.05) is 10.6 Å². The molecule has 13 heteroatoms. The third-order valence-electron chi connectivity index (χ3n) is 6.47. The number of para-hydroxylation sites is 1. The van der Waals surface area contributed by atoms with Crippen LogP contribution in [-0.2, 0) is 21.4 Å². The van der Waals surface area contributed by atoms with Gasteiger partial charge in [-0.05, 0) is 36.4 Å². The number of pyridine rings is 1. The minimum absolute atomic E-state index is 0.168. The van der Waals surface area contributed by atoms with Crippen LogP contribution in [0.4, 0.5) is 17.3 Å². The van der Waals surface area contributed by atoms with E-state index < -0.39 is 10.0 Å². The van der Waals surface area contributed by atoms with Crippen molar-refractivity contribution in [1.29, 1.82) is 0 Å². The van der Waals surface area contributed by atoms with Gasteiger partial charge in [0.15, 0.2) is 0 Å². The Bertz CT molecular complexity index is 2070. The van der Waals surface area contributed by atoms with Gasteiger partial charge in [-0.1, -0.05) is 54.6 Å². The Balaban J connectivity index is 1.26. The molecule has 0 unspecified atom stereocenters. The highest BCUT2D eigenvalue weighted by Crippen LogP contribution is 2.36. The average Bonchev–Trinajstić information content (AvgIpc) is 3.64. The Hall–Kier alpha value is -5.33. The number of nitrogens with one attached hydrogen (secondary N) is 2. The third kappa shape index (κ3) is 5.73. The summed E-state index contributed by atoms with van der Waals surface area (Å²) in [5.41, 5.74) is 3.33. The number of amides is 1. The zero-order chi connectivity index (χ0) is 30.0. The van der Waals surface area contributed by atoms with Crippen LogP contribution in [0.3, 0.4) is 0 Å². The van der Waals surface area contributed by atoms with Gasteiger partial charge in [-0.3, -0.25) is 14.5 Å². The van der Waals surface area contributed by atoms with E-state index in [1.807, 2.05) is 12.1 Å². The number of hydrogen-bond acceptors (Lipinski definition) is 8. The van der Waals surface area contributed by atoms with Crippen LogP contribution in [0.15, 0.2) is 115 Å². The molecule has 0 atom stereocenters. The molecule has 0 spiro atoms. The molecular weight excluding hydrogens is 588 g/mol. The van der Waals surface area contributed by atoms with Gasteiger partial charge in [-0.15, -0.1) is 0 Å². The highest BCUT2D eigenvalue weighted by atomic mass is 35.5. The Labute approximate surface area is 251 Å². The fraction of sp³-hybridized carbons (Fsp3) is 0.0333. The van der Waals surface area contributed by atoms with Crippen molar-refractivity contribution in [3.63, 3.8) is 0 Å². The lowest BCUT2D eigenvalue weighted by molar-refractivity contribution is -0.111. The largest absolute Gasteiger partial charge is 0.321 e. The molecule has 4 aromatic heterocycles. The SMILES string of the molecule is C=CC(=O)Nc1ccc(Cn2cc(Nc3ncc(Cl)c(-c4cn(S(=O)(=O)c5ccccc5)c5ccccc45)n3)cn2)nc1. The summed E-state index contributed by atoms with van der Waals surface area (Å²) in [5.74, 6) is -0.0602. The Morgan fingerprint density at radius 2 is 1.72 bits per heavy atom. The van der Waals surface area contributed by atoms with Crippen LogP contribution in [0, 0.1) is 0 Å². The highest BCUT2D eigenvalue weighted by molar-refractivity contribution is 7.90. The molecule has 0 fully saturated rings. The molecule has 43 heavy (non-hydrogen) atoms. The zero-order valence-electron chi connectivity index (χ0n) is 22.4. The third-order valence-corrected chi connectivity index (χ3v) is 8.43. The summed E-state index contributed by atoms with van der Waals surface area (Å²) in [4.78, 5) is 24.9. The molecule has 0 aliphatic heterocycles. The van der Waals surface area contributed by atoms with Crippen molar-refractivity contribution in [1.82, 2.24) is 28.7 Å². The molecule has 0 aliphatic rings. The first-order valence-electron chi connectivity index (χ1n) is 12.9. The molecule has 4 heterocycles. The quantitative estimate of drug-likeness (QED) is 0.205. The van der Waals surface area contributed by atoms with Crippen LogP contribution in [0.25, 0.3) is 22.2 Å². The average molecular weight is 611 g/mol. The number of nitrogens with zero attached hydrogens (tertiary/aromatic N) is 6. The van der Waals surface area contributed by atoms with E-state index in [9.17, 15) is 13.2 Å². The first-order valence-corrected chi connectivity index (χ1v) is 14.7. The lowest BCUT2D eigenvalue weighted by atomic mass is 10.1. The standard InChI is InChI=1S/C30H23ClN8O3S/c1-2-28(40)35-20-12-13-21(32-14-20)17-38-18-22(15-34-38)36-30-33-16-26(31)29(37-30)25-19-39(27-11-7-6-10-24(25)27)43(41,42)23-8-4-3-5-9-23/h2-16,18-19H,1,17H2,(H,35,40)(H,33,36,37). The molecule has 0 radical (unpaired) electrons. The molecule has 0 aliphatic carbocycles. The van der Waals surface area contributed by atoms with E-state index in [0.717, 1.165) is 5.69 Å². The summed E-state index contributed by atoms with van der Waals surface area (Å²) in [5, 5.41) is 11.1. The second-order valence-electron chi connectivity index (χ2n) is 9.35. The molecule has 6 rings (SSSR count). The predicted molar refractivity (Wildman–Crippen MR) is 165 cm³/mol. The number of carbonyl (C=O) groups excluding carboxylic acids is 1. The van der Waals surface area contributed by atoms with Crippen LogP contribution in [0.1, 0.15) is 5.69 Å². The van der Waals surface area contributed by atoms with Gasteiger partial charge in [-0.25, -0.2) is 22.4 Å². The van der Waals surface area contributed by atoms with Gasteiger partial charge in [0.1, 0.15) is 0 Å². The lowest BCUT2D eigenvalue weighted by Crippen LogP contribution is -2.11. The Kier molecular flexibility index (Phi) is 7.45. The lowest BCUT2D eigenvalue weighted by Gasteiger charge is -2.07. The van der Waals surface area contributed by atoms with E-state index in [-0.39, 0.29) is 21.8 Å². The first-order chi connectivity index (χ1) is 20.8. The monoisotopic (exact) mass is 610 g/mol. The van der Waals surface area contributed by atoms with Crippen LogP contribution in [0.2, 0.25) is 5.02 Å². The summed E-state index contributed by atoms with van der Waals surface area (Å²) in [6.07, 6.45) is 9.13. The van der Waals surface area contributed by atoms with Gasteiger partial charge in [0, 0.05) is 23.3 Å². The van der Waals surface area contributed by atoms with Crippen molar-refractivity contribution < 1.29 is 13.2 Å². The maximum Gasteiger partial charge on any atom is 0.268 e. The molecule has 2 N–H and O–H groups in total. The van der Waals surface area contributed by atoms with Crippen LogP contribution < -0.4 is 10.6 Å². The van der Waals surface area contributed by atoms with Crippen LogP contribution >= 0.6 is 11.6 Å². The minimum Gasteiger partial charge on any atom is -0.321 e. The van der Waals surface area contributed by atoms with Gasteiger partial charge in [0.05, 0.1) is 63.3 Å². The summed E-state index contributed by atoms with van der Waals surface area (Å²) in [6.45, 7) is 3.82. The number of hydrogen-bond donors (Lipinski definition) is 2. The summed E-state index contributed by atoms with van der Waals surface area (Å²) >= 11 is 6.55. The first kappa shape index (κ1) is 27.8. The van der Waals surface area contributed by atoms with Crippen molar-refractivity contribution in [3.05, 3.63) is 121 Å². The second-order valence-corrected chi connectivity index (χ2v) is 11.6. The Morgan fingerprint density at radius 3 is 2.49 bits per heavy atom. The topological polar surface area (TPSA) is 137 Å². The van der Waals surface area contributed by atoms with Gasteiger partial charge in [-0.2, -0.15) is 5.10 Å². The summed E-state index contributed by atoms with van der Waals surface area (Å²) in [6, 6.07) is 18.9. The molecule has 0 bridgehead atoms. The van der Waals surface area contributed by atoms with Crippen molar-refractivity contribution in [3.8, 4) is 11.3 Å². The number of aromatic nitrogens is 6. The van der Waals surface area contributed by atoms with E-state index in [4.69, 9.17) is 11.6 Å². The second kappa shape index (κ2) is 11.5. The van der Waals surface area contributed by atoms with Crippen molar-refractivity contribution >= 4 is 55.8 Å². The zero-order valence-corrected chi connectivity index (χ0v) is 24.0. The van der Waals surface area contributed by atoms with Crippen LogP contribution in [-0.4, -0.2) is 43.0 Å². The number of anilines is 3. The number of rotatable bonds is 9. The van der Waals surface area contributed by atoms with E-state index in [2.05, 4.69) is 37.3 Å². The van der Waals surface area contributed by atoms with E-state index in [1.165, 1.54) is 22.4 Å². The number of benzene rings is 2. The van der Waals surface area contributed by atoms with Crippen molar-refractivity contribution in [2.24, 2.45) is 0 Å². The van der Waals surface area contributed by atoms with E-state index >= 15 is 0 Å². The fourth-order valence-electron chi connectivity index (χ4n) is 4.45. The number of halogens is 1. The molecule has 0 saturated heterocycles. The van der Waals surface area contributed by atoms with E-state index in [1.54, 1.807) is 77.9 Å². The summed E-state index contributed by atoms with van der Waals surface area (Å²) < 4.78 is 30.0. The van der Waals surface area contributed by atoms with Crippen molar-refractivity contribution in [2.45, 2.75) is 11.4 Å². The highest BCUT2D eigenvalue weighted by Gasteiger charge is 2.23. The molecule has 2 aromatic carbocycles. The molecule has 214 valence electrons. The van der Waals surface area contributed by atoms with Gasteiger partial charge in [0.2, 0.25) is 11.9 Å². The van der Waals surface area contributed by atoms with Gasteiger partial charge >= 0.3 is 0 Å². The Morgan fingerprint density at radius 1 is 0.930 bits per heavy atom.